The maximum absolute atomic E-state index is 5.59. The lowest BCUT2D eigenvalue weighted by Crippen LogP contribution is -2.23. The lowest BCUT2D eigenvalue weighted by atomic mass is 10.1. The smallest absolute Gasteiger partial charge is 0.230 e. The Morgan fingerprint density at radius 3 is 2.71 bits per heavy atom. The fraction of sp³-hybridized carbons (Fsp3) is 0.833. The first-order valence-corrected chi connectivity index (χ1v) is 6.20. The molecule has 98 valence electrons. The predicted molar refractivity (Wildman–Crippen MR) is 65.9 cm³/mol. The minimum Gasteiger partial charge on any atom is -0.368 e. The molecular weight excluding hydrogens is 218 g/mol. The normalized spacial score (nSPS) is 13.9. The summed E-state index contributed by atoms with van der Waals surface area (Å²) in [5, 5.41) is 7.26. The van der Waals surface area contributed by atoms with Gasteiger partial charge in [-0.05, 0) is 27.3 Å². The van der Waals surface area contributed by atoms with Crippen molar-refractivity contribution in [3.8, 4) is 0 Å². The van der Waals surface area contributed by atoms with Crippen LogP contribution in [0, 0.1) is 0 Å². The largest absolute Gasteiger partial charge is 0.368 e. The zero-order chi connectivity index (χ0) is 12.9. The topological polar surface area (TPSA) is 60.2 Å². The lowest BCUT2D eigenvalue weighted by molar-refractivity contribution is -0.0221. The van der Waals surface area contributed by atoms with Crippen molar-refractivity contribution in [2.24, 2.45) is 0 Å². The number of hydrogen-bond acceptors (Lipinski definition) is 5. The van der Waals surface area contributed by atoms with E-state index in [-0.39, 0.29) is 5.92 Å². The summed E-state index contributed by atoms with van der Waals surface area (Å²) < 4.78 is 10.9. The highest BCUT2D eigenvalue weighted by Gasteiger charge is 2.28. The van der Waals surface area contributed by atoms with Gasteiger partial charge in [0.15, 0.2) is 0 Å². The number of likely N-dealkylation sites (N-methyl/N-ethyl adjacent to an activating group) is 1. The summed E-state index contributed by atoms with van der Waals surface area (Å²) in [6.45, 7) is 12.4. The monoisotopic (exact) mass is 241 g/mol. The molecule has 0 radical (unpaired) electrons. The van der Waals surface area contributed by atoms with Gasteiger partial charge in [-0.15, -0.1) is 0 Å². The van der Waals surface area contributed by atoms with E-state index in [4.69, 9.17) is 9.26 Å². The standard InChI is InChI=1S/C12H23N3O2/c1-6-13-8-9(3)10-14-11(15-17-10)12(4,5)16-7-2/h9,13H,6-8H2,1-5H3. The Balaban J connectivity index is 2.70. The summed E-state index contributed by atoms with van der Waals surface area (Å²) >= 11 is 0. The van der Waals surface area contributed by atoms with Crippen molar-refractivity contribution in [1.82, 2.24) is 15.5 Å². The molecule has 1 rings (SSSR count). The van der Waals surface area contributed by atoms with Gasteiger partial charge >= 0.3 is 0 Å². The van der Waals surface area contributed by atoms with Gasteiger partial charge in [-0.2, -0.15) is 4.98 Å². The molecule has 5 heteroatoms. The molecule has 0 spiro atoms. The van der Waals surface area contributed by atoms with Crippen molar-refractivity contribution in [3.63, 3.8) is 0 Å². The number of nitrogens with zero attached hydrogens (tertiary/aromatic N) is 2. The van der Waals surface area contributed by atoms with Crippen LogP contribution in [0.5, 0.6) is 0 Å². The molecule has 0 aromatic carbocycles. The Kier molecular flexibility index (Phi) is 5.08. The fourth-order valence-corrected chi connectivity index (χ4v) is 1.55. The zero-order valence-electron chi connectivity index (χ0n) is 11.4. The van der Waals surface area contributed by atoms with Gasteiger partial charge in [-0.1, -0.05) is 19.0 Å². The predicted octanol–water partition coefficient (Wildman–Crippen LogP) is 2.05. The summed E-state index contributed by atoms with van der Waals surface area (Å²) in [4.78, 5) is 4.41. The minimum atomic E-state index is -0.492. The van der Waals surface area contributed by atoms with Gasteiger partial charge in [0.2, 0.25) is 11.7 Å². The van der Waals surface area contributed by atoms with E-state index in [0.29, 0.717) is 18.3 Å². The maximum atomic E-state index is 5.59. The van der Waals surface area contributed by atoms with Crippen LogP contribution in [0.1, 0.15) is 52.3 Å². The molecule has 5 nitrogen and oxygen atoms in total. The SMILES string of the molecule is CCNCC(C)c1nc(C(C)(C)OCC)no1. The highest BCUT2D eigenvalue weighted by atomic mass is 16.5. The molecule has 0 saturated carbocycles. The Labute approximate surface area is 103 Å². The first-order valence-electron chi connectivity index (χ1n) is 6.20. The van der Waals surface area contributed by atoms with E-state index in [1.807, 2.05) is 20.8 Å². The summed E-state index contributed by atoms with van der Waals surface area (Å²) in [5.74, 6) is 1.49. The minimum absolute atomic E-state index is 0.216. The third kappa shape index (κ3) is 3.78. The fourth-order valence-electron chi connectivity index (χ4n) is 1.55. The average Bonchev–Trinajstić information content (AvgIpc) is 2.75. The first kappa shape index (κ1) is 14.1. The molecule has 17 heavy (non-hydrogen) atoms. The summed E-state index contributed by atoms with van der Waals surface area (Å²) in [7, 11) is 0. The van der Waals surface area contributed by atoms with E-state index < -0.39 is 5.60 Å². The molecule has 1 heterocycles. The molecule has 1 N–H and O–H groups in total. The summed E-state index contributed by atoms with van der Waals surface area (Å²) in [5.41, 5.74) is -0.492. The summed E-state index contributed by atoms with van der Waals surface area (Å²) in [6.07, 6.45) is 0. The van der Waals surface area contributed by atoms with Crippen LogP contribution in [-0.4, -0.2) is 29.8 Å². The number of nitrogens with one attached hydrogen (secondary N) is 1. The molecule has 0 aliphatic rings. The van der Waals surface area contributed by atoms with Crippen molar-refractivity contribution in [1.29, 1.82) is 0 Å². The van der Waals surface area contributed by atoms with Crippen molar-refractivity contribution in [2.75, 3.05) is 19.7 Å². The van der Waals surface area contributed by atoms with Gasteiger partial charge in [0, 0.05) is 19.1 Å². The molecule has 1 aromatic rings. The maximum Gasteiger partial charge on any atom is 0.230 e. The quantitative estimate of drug-likeness (QED) is 0.791. The van der Waals surface area contributed by atoms with Crippen molar-refractivity contribution >= 4 is 0 Å². The van der Waals surface area contributed by atoms with Crippen LogP contribution >= 0.6 is 0 Å². The molecule has 0 amide bonds. The highest BCUT2D eigenvalue weighted by Crippen LogP contribution is 2.23. The van der Waals surface area contributed by atoms with Gasteiger partial charge in [0.05, 0.1) is 0 Å². The molecule has 0 aliphatic carbocycles. The van der Waals surface area contributed by atoms with E-state index in [9.17, 15) is 0 Å². The van der Waals surface area contributed by atoms with Gasteiger partial charge in [0.1, 0.15) is 5.60 Å². The van der Waals surface area contributed by atoms with Crippen LogP contribution in [0.3, 0.4) is 0 Å². The second-order valence-electron chi connectivity index (χ2n) is 4.61. The van der Waals surface area contributed by atoms with E-state index >= 15 is 0 Å². The third-order valence-electron chi connectivity index (χ3n) is 2.61. The number of rotatable bonds is 7. The molecule has 1 atom stereocenters. The van der Waals surface area contributed by atoms with Crippen LogP contribution < -0.4 is 5.32 Å². The highest BCUT2D eigenvalue weighted by molar-refractivity contribution is 5.00. The van der Waals surface area contributed by atoms with E-state index in [1.54, 1.807) is 0 Å². The van der Waals surface area contributed by atoms with Gasteiger partial charge in [-0.3, -0.25) is 0 Å². The Morgan fingerprint density at radius 2 is 2.12 bits per heavy atom. The zero-order valence-corrected chi connectivity index (χ0v) is 11.4. The third-order valence-corrected chi connectivity index (χ3v) is 2.61. The van der Waals surface area contributed by atoms with Crippen molar-refractivity contribution < 1.29 is 9.26 Å². The van der Waals surface area contributed by atoms with E-state index in [1.165, 1.54) is 0 Å². The lowest BCUT2D eigenvalue weighted by Gasteiger charge is -2.19. The Bertz CT molecular complexity index is 336. The average molecular weight is 241 g/mol. The first-order chi connectivity index (χ1) is 8.01. The summed E-state index contributed by atoms with van der Waals surface area (Å²) in [6, 6.07) is 0. The van der Waals surface area contributed by atoms with Gasteiger partial charge in [-0.25, -0.2) is 0 Å². The second kappa shape index (κ2) is 6.12. The second-order valence-corrected chi connectivity index (χ2v) is 4.61. The molecule has 0 fully saturated rings. The van der Waals surface area contributed by atoms with Gasteiger partial charge < -0.3 is 14.6 Å². The van der Waals surface area contributed by atoms with Crippen LogP contribution in [0.4, 0.5) is 0 Å². The van der Waals surface area contributed by atoms with E-state index in [2.05, 4.69) is 29.3 Å². The Hall–Kier alpha value is -0.940. The molecule has 1 unspecified atom stereocenters. The molecule has 0 saturated heterocycles. The number of aromatic nitrogens is 2. The number of hydrogen-bond donors (Lipinski definition) is 1. The van der Waals surface area contributed by atoms with Crippen LogP contribution in [-0.2, 0) is 10.3 Å². The van der Waals surface area contributed by atoms with Crippen LogP contribution in [0.25, 0.3) is 0 Å². The van der Waals surface area contributed by atoms with Gasteiger partial charge in [0.25, 0.3) is 0 Å². The van der Waals surface area contributed by atoms with Crippen molar-refractivity contribution in [3.05, 3.63) is 11.7 Å². The van der Waals surface area contributed by atoms with Crippen LogP contribution in [0.15, 0.2) is 4.52 Å². The molecule has 1 aromatic heterocycles. The van der Waals surface area contributed by atoms with E-state index in [0.717, 1.165) is 13.1 Å². The molecule has 0 aliphatic heterocycles. The molecule has 0 bridgehead atoms. The van der Waals surface area contributed by atoms with Crippen molar-refractivity contribution in [2.45, 2.75) is 46.1 Å². The number of ether oxygens (including phenoxy) is 1. The Morgan fingerprint density at radius 1 is 1.41 bits per heavy atom. The van der Waals surface area contributed by atoms with Crippen LogP contribution in [0.2, 0.25) is 0 Å². The molecular formula is C12H23N3O2.